The van der Waals surface area contributed by atoms with E-state index in [9.17, 15) is 13.2 Å². The molecule has 0 radical (unpaired) electrons. The fourth-order valence-corrected chi connectivity index (χ4v) is 4.70. The van der Waals surface area contributed by atoms with Gasteiger partial charge in [-0.1, -0.05) is 54.1 Å². The Hall–Kier alpha value is -1.93. The van der Waals surface area contributed by atoms with Gasteiger partial charge in [0.25, 0.3) is 0 Å². The van der Waals surface area contributed by atoms with E-state index in [0.29, 0.717) is 36.9 Å². The first-order valence-electron chi connectivity index (χ1n) is 8.72. The molecule has 8 heteroatoms. The maximum absolute atomic E-state index is 12.6. The van der Waals surface area contributed by atoms with Gasteiger partial charge in [-0.25, -0.2) is 8.42 Å². The molecule has 1 amide bonds. The topological polar surface area (TPSA) is 69.7 Å². The molecule has 1 saturated heterocycles. The van der Waals surface area contributed by atoms with Crippen LogP contribution in [0.5, 0.6) is 0 Å². The molecule has 0 unspecified atom stereocenters. The van der Waals surface area contributed by atoms with Crippen LogP contribution in [-0.4, -0.2) is 56.3 Å². The molecule has 1 fully saturated rings. The van der Waals surface area contributed by atoms with Crippen molar-refractivity contribution in [3.8, 4) is 0 Å². The number of amides is 1. The SMILES string of the molecule is O=C(CN1CCN(S(=O)(=O)Cc2ccccc2)CC1)Nc1ccccc1Cl. The van der Waals surface area contributed by atoms with E-state index in [0.717, 1.165) is 5.56 Å². The molecule has 6 nitrogen and oxygen atoms in total. The van der Waals surface area contributed by atoms with E-state index in [4.69, 9.17) is 11.6 Å². The van der Waals surface area contributed by atoms with Crippen molar-refractivity contribution in [3.05, 3.63) is 65.2 Å². The smallest absolute Gasteiger partial charge is 0.238 e. The Morgan fingerprint density at radius 3 is 2.26 bits per heavy atom. The summed E-state index contributed by atoms with van der Waals surface area (Å²) in [7, 11) is -3.35. The lowest BCUT2D eigenvalue weighted by Crippen LogP contribution is -2.50. The summed E-state index contributed by atoms with van der Waals surface area (Å²) >= 11 is 6.05. The number of carbonyl (C=O) groups is 1. The quantitative estimate of drug-likeness (QED) is 0.798. The van der Waals surface area contributed by atoms with E-state index in [2.05, 4.69) is 5.32 Å². The molecule has 0 bridgehead atoms. The Morgan fingerprint density at radius 2 is 1.59 bits per heavy atom. The zero-order chi connectivity index (χ0) is 19.3. The van der Waals surface area contributed by atoms with Gasteiger partial charge >= 0.3 is 0 Å². The Balaban J connectivity index is 1.50. The van der Waals surface area contributed by atoms with Gasteiger partial charge in [-0.2, -0.15) is 4.31 Å². The van der Waals surface area contributed by atoms with Crippen LogP contribution < -0.4 is 5.32 Å². The van der Waals surface area contributed by atoms with Crippen molar-refractivity contribution in [2.45, 2.75) is 5.75 Å². The number of anilines is 1. The molecule has 0 saturated carbocycles. The van der Waals surface area contributed by atoms with Gasteiger partial charge in [-0.15, -0.1) is 0 Å². The van der Waals surface area contributed by atoms with Crippen LogP contribution >= 0.6 is 11.6 Å². The predicted octanol–water partition coefficient (Wildman–Crippen LogP) is 2.43. The summed E-state index contributed by atoms with van der Waals surface area (Å²) in [4.78, 5) is 14.2. The number of carbonyl (C=O) groups excluding carboxylic acids is 1. The second-order valence-corrected chi connectivity index (χ2v) is 8.82. The molecule has 0 aromatic heterocycles. The van der Waals surface area contributed by atoms with Crippen LogP contribution in [0.25, 0.3) is 0 Å². The molecule has 2 aromatic rings. The number of benzene rings is 2. The highest BCUT2D eigenvalue weighted by Gasteiger charge is 2.27. The van der Waals surface area contributed by atoms with Crippen LogP contribution in [0.15, 0.2) is 54.6 Å². The van der Waals surface area contributed by atoms with E-state index in [1.165, 1.54) is 4.31 Å². The van der Waals surface area contributed by atoms with Gasteiger partial charge in [0, 0.05) is 26.2 Å². The second kappa shape index (κ2) is 8.84. The maximum Gasteiger partial charge on any atom is 0.238 e. The van der Waals surface area contributed by atoms with Crippen LogP contribution in [0.2, 0.25) is 5.02 Å². The van der Waals surface area contributed by atoms with E-state index >= 15 is 0 Å². The van der Waals surface area contributed by atoms with E-state index < -0.39 is 10.0 Å². The average Bonchev–Trinajstić information content (AvgIpc) is 2.64. The van der Waals surface area contributed by atoms with Gasteiger partial charge in [-0.3, -0.25) is 9.69 Å². The average molecular weight is 408 g/mol. The third-order valence-corrected chi connectivity index (χ3v) is 6.61. The number of para-hydroxylation sites is 1. The lowest BCUT2D eigenvalue weighted by molar-refractivity contribution is -0.117. The fraction of sp³-hybridized carbons (Fsp3) is 0.316. The van der Waals surface area contributed by atoms with Crippen LogP contribution in [0.4, 0.5) is 5.69 Å². The molecule has 3 rings (SSSR count). The molecule has 1 aliphatic rings. The summed E-state index contributed by atoms with van der Waals surface area (Å²) in [5, 5.41) is 3.28. The van der Waals surface area contributed by atoms with Crippen molar-refractivity contribution in [1.29, 1.82) is 0 Å². The number of piperazine rings is 1. The van der Waals surface area contributed by atoms with E-state index in [-0.39, 0.29) is 18.2 Å². The van der Waals surface area contributed by atoms with Crippen molar-refractivity contribution in [2.24, 2.45) is 0 Å². The number of hydrogen-bond acceptors (Lipinski definition) is 4. The molecule has 1 N–H and O–H groups in total. The summed E-state index contributed by atoms with van der Waals surface area (Å²) in [5.41, 5.74) is 1.35. The molecule has 1 heterocycles. The van der Waals surface area contributed by atoms with Crippen molar-refractivity contribution >= 4 is 33.2 Å². The lowest BCUT2D eigenvalue weighted by Gasteiger charge is -2.33. The van der Waals surface area contributed by atoms with Gasteiger partial charge in [0.1, 0.15) is 0 Å². The Bertz CT molecular complexity index is 882. The van der Waals surface area contributed by atoms with Gasteiger partial charge in [0.2, 0.25) is 15.9 Å². The minimum Gasteiger partial charge on any atom is -0.324 e. The molecule has 1 aliphatic heterocycles. The summed E-state index contributed by atoms with van der Waals surface area (Å²) < 4.78 is 26.7. The van der Waals surface area contributed by atoms with Crippen molar-refractivity contribution < 1.29 is 13.2 Å². The highest BCUT2D eigenvalue weighted by atomic mass is 35.5. The lowest BCUT2D eigenvalue weighted by atomic mass is 10.2. The van der Waals surface area contributed by atoms with Crippen LogP contribution in [-0.2, 0) is 20.6 Å². The van der Waals surface area contributed by atoms with Gasteiger partial charge in [-0.05, 0) is 17.7 Å². The number of halogens is 1. The number of rotatable bonds is 6. The molecule has 0 atom stereocenters. The Morgan fingerprint density at radius 1 is 0.963 bits per heavy atom. The highest BCUT2D eigenvalue weighted by molar-refractivity contribution is 7.88. The molecule has 0 aliphatic carbocycles. The highest BCUT2D eigenvalue weighted by Crippen LogP contribution is 2.20. The Labute approximate surface area is 164 Å². The summed E-state index contributed by atoms with van der Waals surface area (Å²) in [5.74, 6) is -0.162. The van der Waals surface area contributed by atoms with Crippen molar-refractivity contribution in [2.75, 3.05) is 38.0 Å². The van der Waals surface area contributed by atoms with Crippen molar-refractivity contribution in [3.63, 3.8) is 0 Å². The first-order valence-corrected chi connectivity index (χ1v) is 10.7. The molecule has 2 aromatic carbocycles. The van der Waals surface area contributed by atoms with Crippen LogP contribution in [0, 0.1) is 0 Å². The normalized spacial score (nSPS) is 16.2. The van der Waals surface area contributed by atoms with Gasteiger partial charge in [0.05, 0.1) is 23.0 Å². The largest absolute Gasteiger partial charge is 0.324 e. The van der Waals surface area contributed by atoms with Crippen molar-refractivity contribution in [1.82, 2.24) is 9.21 Å². The molecule has 0 spiro atoms. The van der Waals surface area contributed by atoms with E-state index in [1.807, 2.05) is 35.2 Å². The number of nitrogens with zero attached hydrogens (tertiary/aromatic N) is 2. The maximum atomic E-state index is 12.6. The molecule has 144 valence electrons. The first kappa shape index (κ1) is 19.8. The fourth-order valence-electron chi connectivity index (χ4n) is 3.00. The summed E-state index contributed by atoms with van der Waals surface area (Å²) in [6.45, 7) is 2.01. The van der Waals surface area contributed by atoms with Crippen LogP contribution in [0.1, 0.15) is 5.56 Å². The van der Waals surface area contributed by atoms with Gasteiger partial charge in [0.15, 0.2) is 0 Å². The minimum absolute atomic E-state index is 0.000826. The Kier molecular flexibility index (Phi) is 6.49. The summed E-state index contributed by atoms with van der Waals surface area (Å²) in [6, 6.07) is 16.2. The number of hydrogen-bond donors (Lipinski definition) is 1. The van der Waals surface area contributed by atoms with Gasteiger partial charge < -0.3 is 5.32 Å². The second-order valence-electron chi connectivity index (χ2n) is 6.45. The zero-order valence-corrected chi connectivity index (χ0v) is 16.4. The number of nitrogens with one attached hydrogen (secondary N) is 1. The first-order chi connectivity index (χ1) is 12.9. The van der Waals surface area contributed by atoms with E-state index in [1.54, 1.807) is 24.3 Å². The number of sulfonamides is 1. The molecule has 27 heavy (non-hydrogen) atoms. The monoisotopic (exact) mass is 407 g/mol. The third-order valence-electron chi connectivity index (χ3n) is 4.43. The summed E-state index contributed by atoms with van der Waals surface area (Å²) in [6.07, 6.45) is 0. The zero-order valence-electron chi connectivity index (χ0n) is 14.8. The van der Waals surface area contributed by atoms with Crippen LogP contribution in [0.3, 0.4) is 0 Å². The predicted molar refractivity (Wildman–Crippen MR) is 107 cm³/mol. The molecular weight excluding hydrogens is 386 g/mol. The minimum atomic E-state index is -3.35. The third kappa shape index (κ3) is 5.52. The molecular formula is C19H22ClN3O3S. The standard InChI is InChI=1S/C19H22ClN3O3S/c20-17-8-4-5-9-18(17)21-19(24)14-22-10-12-23(13-11-22)27(25,26)15-16-6-2-1-3-7-16/h1-9H,10-15H2,(H,21,24).